The highest BCUT2D eigenvalue weighted by Crippen LogP contribution is 2.15. The Hall–Kier alpha value is -1.70. The van der Waals surface area contributed by atoms with Crippen LogP contribution in [0.5, 0.6) is 0 Å². The Labute approximate surface area is 83.7 Å². The summed E-state index contributed by atoms with van der Waals surface area (Å²) < 4.78 is 0. The first-order chi connectivity index (χ1) is 6.86. The fraction of sp³-hybridized carbons (Fsp3) is 0.167. The monoisotopic (exact) mass is 184 g/mol. The largest absolute Gasteiger partial charge is 0.255 e. The number of pyridine rings is 1. The molecule has 0 radical (unpaired) electrons. The third kappa shape index (κ3) is 1.96. The van der Waals surface area contributed by atoms with Crippen LogP contribution in [0, 0.1) is 6.92 Å². The van der Waals surface area contributed by atoms with Crippen LogP contribution in [-0.2, 0) is 0 Å². The highest BCUT2D eigenvalue weighted by atomic mass is 14.8. The molecular weight excluding hydrogens is 172 g/mol. The molecule has 2 heteroatoms. The molecular formula is C12H12N2. The SMILES string of the molecule is Cc1ccc(C2=CCC=CC=N2)nc1. The average Bonchev–Trinajstić information content (AvgIpc) is 2.47. The first-order valence-corrected chi connectivity index (χ1v) is 4.68. The Balaban J connectivity index is 2.31. The maximum Gasteiger partial charge on any atom is 0.0883 e. The van der Waals surface area contributed by atoms with E-state index < -0.39 is 0 Å². The molecule has 0 spiro atoms. The van der Waals surface area contributed by atoms with Crippen molar-refractivity contribution >= 4 is 11.9 Å². The van der Waals surface area contributed by atoms with Crippen molar-refractivity contribution in [3.63, 3.8) is 0 Å². The van der Waals surface area contributed by atoms with Gasteiger partial charge in [-0.1, -0.05) is 18.2 Å². The lowest BCUT2D eigenvalue weighted by molar-refractivity contribution is 1.21. The minimum Gasteiger partial charge on any atom is -0.255 e. The van der Waals surface area contributed by atoms with Gasteiger partial charge in [-0.05, 0) is 31.1 Å². The van der Waals surface area contributed by atoms with Crippen molar-refractivity contribution in [3.8, 4) is 0 Å². The van der Waals surface area contributed by atoms with E-state index in [2.05, 4.69) is 28.2 Å². The number of nitrogens with zero attached hydrogens (tertiary/aromatic N) is 2. The summed E-state index contributed by atoms with van der Waals surface area (Å²) in [7, 11) is 0. The van der Waals surface area contributed by atoms with Gasteiger partial charge in [0.25, 0.3) is 0 Å². The Morgan fingerprint density at radius 1 is 1.29 bits per heavy atom. The second kappa shape index (κ2) is 4.01. The van der Waals surface area contributed by atoms with Gasteiger partial charge in [0.1, 0.15) is 0 Å². The van der Waals surface area contributed by atoms with E-state index in [-0.39, 0.29) is 0 Å². The molecule has 0 N–H and O–H groups in total. The standard InChI is InChI=1S/C12H12N2/c1-10-6-7-12(14-9-10)11-5-3-2-4-8-13-11/h2,4-9H,3H2,1H3. The number of hydrogen-bond donors (Lipinski definition) is 0. The van der Waals surface area contributed by atoms with Crippen LogP contribution < -0.4 is 0 Å². The molecule has 0 unspecified atom stereocenters. The van der Waals surface area contributed by atoms with Gasteiger partial charge >= 0.3 is 0 Å². The van der Waals surface area contributed by atoms with Crippen LogP contribution in [0.3, 0.4) is 0 Å². The summed E-state index contributed by atoms with van der Waals surface area (Å²) in [5, 5.41) is 0. The van der Waals surface area contributed by atoms with Crippen LogP contribution in [0.25, 0.3) is 5.70 Å². The van der Waals surface area contributed by atoms with Crippen LogP contribution >= 0.6 is 0 Å². The number of hydrogen-bond acceptors (Lipinski definition) is 2. The summed E-state index contributed by atoms with van der Waals surface area (Å²) >= 11 is 0. The molecule has 1 aliphatic heterocycles. The third-order valence-corrected chi connectivity index (χ3v) is 2.06. The van der Waals surface area contributed by atoms with Crippen LogP contribution in [0.4, 0.5) is 0 Å². The zero-order chi connectivity index (χ0) is 9.80. The molecule has 0 bridgehead atoms. The molecule has 1 aromatic rings. The summed E-state index contributed by atoms with van der Waals surface area (Å²) in [6, 6.07) is 4.06. The maximum atomic E-state index is 4.33. The van der Waals surface area contributed by atoms with Crippen molar-refractivity contribution in [3.05, 3.63) is 47.8 Å². The van der Waals surface area contributed by atoms with Crippen LogP contribution in [0.15, 0.2) is 41.6 Å². The summed E-state index contributed by atoms with van der Waals surface area (Å²) in [5.74, 6) is 0. The molecule has 1 aromatic heterocycles. The lowest BCUT2D eigenvalue weighted by Crippen LogP contribution is -1.87. The zero-order valence-corrected chi connectivity index (χ0v) is 8.14. The van der Waals surface area contributed by atoms with Crippen molar-refractivity contribution in [2.45, 2.75) is 13.3 Å². The van der Waals surface area contributed by atoms with Gasteiger partial charge < -0.3 is 0 Å². The zero-order valence-electron chi connectivity index (χ0n) is 8.14. The molecule has 0 fully saturated rings. The Morgan fingerprint density at radius 2 is 2.21 bits per heavy atom. The van der Waals surface area contributed by atoms with E-state index in [4.69, 9.17) is 0 Å². The molecule has 0 saturated heterocycles. The van der Waals surface area contributed by atoms with Crippen molar-refractivity contribution in [1.29, 1.82) is 0 Å². The van der Waals surface area contributed by atoms with Gasteiger partial charge in [-0.3, -0.25) is 9.98 Å². The molecule has 0 aromatic carbocycles. The Kier molecular flexibility index (Phi) is 2.54. The van der Waals surface area contributed by atoms with Crippen LogP contribution in [0.2, 0.25) is 0 Å². The quantitative estimate of drug-likeness (QED) is 0.658. The van der Waals surface area contributed by atoms with E-state index in [0.29, 0.717) is 0 Å². The smallest absolute Gasteiger partial charge is 0.0883 e. The van der Waals surface area contributed by atoms with Gasteiger partial charge in [-0.15, -0.1) is 0 Å². The van der Waals surface area contributed by atoms with Crippen LogP contribution in [0.1, 0.15) is 17.7 Å². The topological polar surface area (TPSA) is 25.2 Å². The normalized spacial score (nSPS) is 15.1. The second-order valence-electron chi connectivity index (χ2n) is 3.25. The predicted molar refractivity (Wildman–Crippen MR) is 59.2 cm³/mol. The van der Waals surface area contributed by atoms with E-state index in [9.17, 15) is 0 Å². The first-order valence-electron chi connectivity index (χ1n) is 4.68. The van der Waals surface area contributed by atoms with Gasteiger partial charge in [0.2, 0.25) is 0 Å². The van der Waals surface area contributed by atoms with Gasteiger partial charge in [-0.25, -0.2) is 0 Å². The van der Waals surface area contributed by atoms with E-state index >= 15 is 0 Å². The van der Waals surface area contributed by atoms with E-state index in [1.807, 2.05) is 25.3 Å². The number of aromatic nitrogens is 1. The van der Waals surface area contributed by atoms with Gasteiger partial charge in [-0.2, -0.15) is 0 Å². The summed E-state index contributed by atoms with van der Waals surface area (Å²) in [6.07, 6.45) is 10.7. The maximum absolute atomic E-state index is 4.33. The van der Waals surface area contributed by atoms with E-state index in [1.54, 1.807) is 6.21 Å². The molecule has 0 amide bonds. The minimum atomic E-state index is 0.922. The molecule has 0 aliphatic carbocycles. The summed E-state index contributed by atoms with van der Waals surface area (Å²) in [4.78, 5) is 8.64. The van der Waals surface area contributed by atoms with Gasteiger partial charge in [0.15, 0.2) is 0 Å². The average molecular weight is 184 g/mol. The van der Waals surface area contributed by atoms with E-state index in [1.165, 1.54) is 5.56 Å². The van der Waals surface area contributed by atoms with Crippen molar-refractivity contribution in [2.24, 2.45) is 4.99 Å². The number of aliphatic imine (C=N–C) groups is 1. The highest BCUT2D eigenvalue weighted by molar-refractivity contribution is 5.80. The second-order valence-corrected chi connectivity index (χ2v) is 3.25. The molecule has 1 aliphatic rings. The van der Waals surface area contributed by atoms with Crippen molar-refractivity contribution in [2.75, 3.05) is 0 Å². The Morgan fingerprint density at radius 3 is 3.00 bits per heavy atom. The molecule has 70 valence electrons. The Bertz CT molecular complexity index is 397. The van der Waals surface area contributed by atoms with Crippen LogP contribution in [-0.4, -0.2) is 11.2 Å². The fourth-order valence-corrected chi connectivity index (χ4v) is 1.29. The fourth-order valence-electron chi connectivity index (χ4n) is 1.29. The molecule has 0 saturated carbocycles. The first kappa shape index (κ1) is 8.88. The number of allylic oxidation sites excluding steroid dienone is 3. The predicted octanol–water partition coefficient (Wildman–Crippen LogP) is 2.76. The minimum absolute atomic E-state index is 0.922. The van der Waals surface area contributed by atoms with E-state index in [0.717, 1.165) is 17.8 Å². The molecule has 2 rings (SSSR count). The summed E-state index contributed by atoms with van der Waals surface area (Å²) in [5.41, 5.74) is 3.07. The molecule has 14 heavy (non-hydrogen) atoms. The van der Waals surface area contributed by atoms with Crippen molar-refractivity contribution < 1.29 is 0 Å². The molecule has 2 heterocycles. The number of aryl methyl sites for hydroxylation is 1. The lowest BCUT2D eigenvalue weighted by atomic mass is 10.2. The molecule has 0 atom stereocenters. The van der Waals surface area contributed by atoms with Gasteiger partial charge in [0, 0.05) is 12.4 Å². The van der Waals surface area contributed by atoms with Gasteiger partial charge in [0.05, 0.1) is 11.4 Å². The van der Waals surface area contributed by atoms with Crippen molar-refractivity contribution in [1.82, 2.24) is 4.98 Å². The highest BCUT2D eigenvalue weighted by Gasteiger charge is 2.00. The third-order valence-electron chi connectivity index (χ3n) is 2.06. The lowest BCUT2D eigenvalue weighted by Gasteiger charge is -2.00. The summed E-state index contributed by atoms with van der Waals surface area (Å²) in [6.45, 7) is 2.03. The number of rotatable bonds is 1. The molecule has 2 nitrogen and oxygen atoms in total.